The van der Waals surface area contributed by atoms with Crippen LogP contribution in [0.2, 0.25) is 15.1 Å². The standard InChI is InChI=1S/C20H17Cl3N2O/c1-2-9-26-20-6-5-15(21)11-17(20)19(25-8-7-24-13-25)10-14-3-4-16(22)12-18(14)23/h3-8,10-13H,2,9H2,1H3. The number of ether oxygens (including phenoxy) is 1. The molecule has 1 heterocycles. The molecule has 2 aromatic carbocycles. The molecule has 0 unspecified atom stereocenters. The Bertz CT molecular complexity index is 921. The first-order valence-electron chi connectivity index (χ1n) is 8.16. The minimum atomic E-state index is 0.563. The molecule has 0 radical (unpaired) electrons. The first-order valence-corrected chi connectivity index (χ1v) is 9.29. The van der Waals surface area contributed by atoms with Gasteiger partial charge < -0.3 is 9.30 Å². The molecular formula is C20H17Cl3N2O. The normalized spacial score (nSPS) is 11.6. The summed E-state index contributed by atoms with van der Waals surface area (Å²) in [7, 11) is 0. The summed E-state index contributed by atoms with van der Waals surface area (Å²) >= 11 is 18.6. The van der Waals surface area contributed by atoms with Gasteiger partial charge in [-0.3, -0.25) is 0 Å². The highest BCUT2D eigenvalue weighted by Crippen LogP contribution is 2.33. The molecule has 0 aliphatic heterocycles. The summed E-state index contributed by atoms with van der Waals surface area (Å²) < 4.78 is 7.82. The molecule has 134 valence electrons. The largest absolute Gasteiger partial charge is 0.493 e. The molecule has 3 nitrogen and oxygen atoms in total. The summed E-state index contributed by atoms with van der Waals surface area (Å²) in [4.78, 5) is 4.16. The van der Waals surface area contributed by atoms with Crippen molar-refractivity contribution in [2.75, 3.05) is 6.61 Å². The van der Waals surface area contributed by atoms with Crippen molar-refractivity contribution in [2.24, 2.45) is 0 Å². The van der Waals surface area contributed by atoms with E-state index in [1.165, 1.54) is 0 Å². The van der Waals surface area contributed by atoms with Crippen molar-refractivity contribution in [3.8, 4) is 5.75 Å². The molecule has 3 rings (SSSR count). The van der Waals surface area contributed by atoms with Gasteiger partial charge in [0.1, 0.15) is 5.75 Å². The molecule has 3 aromatic rings. The average molecular weight is 408 g/mol. The van der Waals surface area contributed by atoms with Crippen molar-refractivity contribution in [1.82, 2.24) is 9.55 Å². The number of hydrogen-bond acceptors (Lipinski definition) is 2. The summed E-state index contributed by atoms with van der Waals surface area (Å²) in [5.41, 5.74) is 2.54. The maximum Gasteiger partial charge on any atom is 0.128 e. The van der Waals surface area contributed by atoms with E-state index in [0.29, 0.717) is 21.7 Å². The van der Waals surface area contributed by atoms with Crippen molar-refractivity contribution in [2.45, 2.75) is 13.3 Å². The van der Waals surface area contributed by atoms with E-state index < -0.39 is 0 Å². The van der Waals surface area contributed by atoms with Crippen molar-refractivity contribution in [3.05, 3.63) is 81.3 Å². The van der Waals surface area contributed by atoms with Gasteiger partial charge in [-0.1, -0.05) is 47.8 Å². The van der Waals surface area contributed by atoms with Crippen LogP contribution in [0.4, 0.5) is 0 Å². The lowest BCUT2D eigenvalue weighted by molar-refractivity contribution is 0.316. The highest BCUT2D eigenvalue weighted by atomic mass is 35.5. The molecule has 0 aliphatic carbocycles. The van der Waals surface area contributed by atoms with E-state index >= 15 is 0 Å². The van der Waals surface area contributed by atoms with E-state index in [1.807, 2.05) is 41.1 Å². The lowest BCUT2D eigenvalue weighted by atomic mass is 10.1. The Kier molecular flexibility index (Phi) is 6.25. The predicted octanol–water partition coefficient (Wildman–Crippen LogP) is 6.68. The first kappa shape index (κ1) is 18.8. The molecule has 0 spiro atoms. The van der Waals surface area contributed by atoms with Crippen LogP contribution in [-0.4, -0.2) is 16.2 Å². The Morgan fingerprint density at radius 1 is 1.12 bits per heavy atom. The zero-order valence-corrected chi connectivity index (χ0v) is 16.4. The number of imidazole rings is 1. The molecule has 0 bridgehead atoms. The van der Waals surface area contributed by atoms with Crippen LogP contribution in [-0.2, 0) is 0 Å². The average Bonchev–Trinajstić information content (AvgIpc) is 3.14. The lowest BCUT2D eigenvalue weighted by Gasteiger charge is -2.16. The second kappa shape index (κ2) is 8.63. The number of halogens is 3. The van der Waals surface area contributed by atoms with E-state index in [2.05, 4.69) is 11.9 Å². The van der Waals surface area contributed by atoms with Gasteiger partial charge in [0.15, 0.2) is 0 Å². The molecule has 0 saturated heterocycles. The fourth-order valence-electron chi connectivity index (χ4n) is 2.50. The highest BCUT2D eigenvalue weighted by molar-refractivity contribution is 6.35. The molecule has 0 fully saturated rings. The Balaban J connectivity index is 2.17. The topological polar surface area (TPSA) is 27.1 Å². The number of nitrogens with zero attached hydrogens (tertiary/aromatic N) is 2. The van der Waals surface area contributed by atoms with Crippen LogP contribution in [0.15, 0.2) is 55.1 Å². The van der Waals surface area contributed by atoms with E-state index in [9.17, 15) is 0 Å². The van der Waals surface area contributed by atoms with E-state index in [-0.39, 0.29) is 0 Å². The summed E-state index contributed by atoms with van der Waals surface area (Å²) in [5, 5.41) is 1.77. The number of rotatable bonds is 6. The molecule has 0 aliphatic rings. The quantitative estimate of drug-likeness (QED) is 0.426. The van der Waals surface area contributed by atoms with E-state index in [4.69, 9.17) is 39.5 Å². The van der Waals surface area contributed by atoms with Crippen LogP contribution in [0.5, 0.6) is 5.75 Å². The zero-order valence-electron chi connectivity index (χ0n) is 14.1. The smallest absolute Gasteiger partial charge is 0.128 e. The van der Waals surface area contributed by atoms with Crippen LogP contribution >= 0.6 is 34.8 Å². The van der Waals surface area contributed by atoms with Gasteiger partial charge in [0.2, 0.25) is 0 Å². The Labute approximate surface area is 167 Å². The lowest BCUT2D eigenvalue weighted by Crippen LogP contribution is -2.03. The third-order valence-corrected chi connectivity index (χ3v) is 4.51. The van der Waals surface area contributed by atoms with Crippen molar-refractivity contribution in [1.29, 1.82) is 0 Å². The minimum absolute atomic E-state index is 0.563. The third-order valence-electron chi connectivity index (χ3n) is 3.72. The molecule has 26 heavy (non-hydrogen) atoms. The van der Waals surface area contributed by atoms with Crippen LogP contribution in [0.25, 0.3) is 11.8 Å². The molecular weight excluding hydrogens is 391 g/mol. The van der Waals surface area contributed by atoms with Gasteiger partial charge in [0.05, 0.1) is 18.6 Å². The van der Waals surface area contributed by atoms with Crippen LogP contribution in [0.1, 0.15) is 24.5 Å². The van der Waals surface area contributed by atoms with Crippen LogP contribution in [0, 0.1) is 0 Å². The number of aromatic nitrogens is 2. The minimum Gasteiger partial charge on any atom is -0.493 e. The van der Waals surface area contributed by atoms with Gasteiger partial charge in [-0.2, -0.15) is 0 Å². The van der Waals surface area contributed by atoms with Crippen molar-refractivity contribution < 1.29 is 4.74 Å². The van der Waals surface area contributed by atoms with Gasteiger partial charge in [-0.05, 0) is 48.4 Å². The van der Waals surface area contributed by atoms with Gasteiger partial charge in [-0.15, -0.1) is 0 Å². The Morgan fingerprint density at radius 3 is 2.58 bits per heavy atom. The van der Waals surface area contributed by atoms with Crippen molar-refractivity contribution in [3.63, 3.8) is 0 Å². The third kappa shape index (κ3) is 4.42. The molecule has 0 N–H and O–H groups in total. The molecule has 1 aromatic heterocycles. The predicted molar refractivity (Wildman–Crippen MR) is 109 cm³/mol. The highest BCUT2D eigenvalue weighted by Gasteiger charge is 2.13. The fraction of sp³-hybridized carbons (Fsp3) is 0.150. The first-order chi connectivity index (χ1) is 12.6. The van der Waals surface area contributed by atoms with Crippen LogP contribution in [0.3, 0.4) is 0 Å². The summed E-state index contributed by atoms with van der Waals surface area (Å²) in [6.45, 7) is 2.68. The fourth-order valence-corrected chi connectivity index (χ4v) is 3.13. The van der Waals surface area contributed by atoms with Gasteiger partial charge in [0.25, 0.3) is 0 Å². The van der Waals surface area contributed by atoms with Gasteiger partial charge >= 0.3 is 0 Å². The zero-order chi connectivity index (χ0) is 18.5. The van der Waals surface area contributed by atoms with Crippen LogP contribution < -0.4 is 4.74 Å². The molecule has 0 amide bonds. The molecule has 0 atom stereocenters. The number of benzene rings is 2. The maximum absolute atomic E-state index is 6.37. The second-order valence-corrected chi connectivity index (χ2v) is 6.93. The van der Waals surface area contributed by atoms with Gasteiger partial charge in [0, 0.05) is 33.0 Å². The number of hydrogen-bond donors (Lipinski definition) is 0. The van der Waals surface area contributed by atoms with Gasteiger partial charge in [-0.25, -0.2) is 4.98 Å². The second-order valence-electron chi connectivity index (χ2n) is 5.65. The van der Waals surface area contributed by atoms with E-state index in [1.54, 1.807) is 24.7 Å². The summed E-state index contributed by atoms with van der Waals surface area (Å²) in [6, 6.07) is 11.0. The Morgan fingerprint density at radius 2 is 1.88 bits per heavy atom. The van der Waals surface area contributed by atoms with E-state index in [0.717, 1.165) is 29.0 Å². The monoisotopic (exact) mass is 406 g/mol. The maximum atomic E-state index is 6.37. The summed E-state index contributed by atoms with van der Waals surface area (Å²) in [6.07, 6.45) is 8.18. The molecule has 6 heteroatoms. The Hall–Kier alpha value is -1.94. The molecule has 0 saturated carbocycles. The summed E-state index contributed by atoms with van der Waals surface area (Å²) in [5.74, 6) is 0.751. The SMILES string of the molecule is CCCOc1ccc(Cl)cc1C(=Cc1ccc(Cl)cc1Cl)n1ccnc1. The van der Waals surface area contributed by atoms with Crippen molar-refractivity contribution >= 4 is 46.6 Å².